The molecule has 0 unspecified atom stereocenters. The van der Waals surface area contributed by atoms with Crippen molar-refractivity contribution in [3.8, 4) is 0 Å². The molecule has 2 aromatic carbocycles. The summed E-state index contributed by atoms with van der Waals surface area (Å²) in [5.41, 5.74) is 3.90. The lowest BCUT2D eigenvalue weighted by Crippen LogP contribution is -2.20. The Hall–Kier alpha value is -2.88. The maximum Gasteiger partial charge on any atom is 0.0630 e. The molecule has 4 heteroatoms. The van der Waals surface area contributed by atoms with E-state index < -0.39 is 0 Å². The number of benzene rings is 2. The van der Waals surface area contributed by atoms with Crippen molar-refractivity contribution < 1.29 is 0 Å². The molecule has 0 aromatic heterocycles. The molecule has 2 aromatic rings. The molecular weight excluding hydrogens is 368 g/mol. The first-order valence-electron chi connectivity index (χ1n) is 10.3. The van der Waals surface area contributed by atoms with Crippen LogP contribution in [0.15, 0.2) is 80.6 Å². The third kappa shape index (κ3) is 12.6. The first-order valence-corrected chi connectivity index (χ1v) is 10.3. The van der Waals surface area contributed by atoms with E-state index in [9.17, 15) is 0 Å². The highest BCUT2D eigenvalue weighted by Crippen LogP contribution is 2.11. The zero-order valence-electron chi connectivity index (χ0n) is 19.7. The fourth-order valence-electron chi connectivity index (χ4n) is 2.43. The van der Waals surface area contributed by atoms with Gasteiger partial charge in [-0.3, -0.25) is 20.0 Å². The molecule has 0 spiro atoms. The molecule has 4 nitrogen and oxygen atoms in total. The fraction of sp³-hybridized carbons (Fsp3) is 0.385. The monoisotopic (exact) mass is 404 g/mol. The Bertz CT molecular complexity index is 787. The molecule has 0 aliphatic rings. The Morgan fingerprint density at radius 2 is 0.867 bits per heavy atom. The van der Waals surface area contributed by atoms with Crippen molar-refractivity contribution in [2.75, 3.05) is 0 Å². The molecule has 0 bridgehead atoms. The van der Waals surface area contributed by atoms with Gasteiger partial charge in [0.1, 0.15) is 0 Å². The van der Waals surface area contributed by atoms with Crippen LogP contribution < -0.4 is 0 Å². The van der Waals surface area contributed by atoms with Crippen molar-refractivity contribution in [3.05, 3.63) is 60.7 Å². The minimum absolute atomic E-state index is 0.0151. The van der Waals surface area contributed by atoms with Crippen LogP contribution in [-0.2, 0) is 0 Å². The highest BCUT2D eigenvalue weighted by Gasteiger charge is 2.12. The van der Waals surface area contributed by atoms with E-state index in [4.69, 9.17) is 0 Å². The summed E-state index contributed by atoms with van der Waals surface area (Å²) in [6.45, 7) is 16.6. The van der Waals surface area contributed by atoms with Gasteiger partial charge in [-0.15, -0.1) is 0 Å². The molecule has 30 heavy (non-hydrogen) atoms. The molecule has 0 saturated heterocycles. The Labute approximate surface area is 182 Å². The van der Waals surface area contributed by atoms with E-state index in [1.807, 2.05) is 74.5 Å². The number of nitrogens with zero attached hydrogens (tertiary/aromatic N) is 4. The van der Waals surface area contributed by atoms with Crippen LogP contribution in [0, 0.1) is 0 Å². The standard InChI is InChI=1S/C14H12N2.C12H24N2/c1-3-7-13(8-4-1)15-11-12-16-14-9-5-2-6-10-14;1-9(13-11(3,4)5)10(2)14-12(6,7)8/h1-12H;1-8H3. The van der Waals surface area contributed by atoms with Crippen molar-refractivity contribution in [2.45, 2.75) is 66.5 Å². The van der Waals surface area contributed by atoms with Crippen molar-refractivity contribution in [1.82, 2.24) is 0 Å². The molecular formula is C26H36N4. The van der Waals surface area contributed by atoms with Crippen molar-refractivity contribution in [3.63, 3.8) is 0 Å². The van der Waals surface area contributed by atoms with Gasteiger partial charge < -0.3 is 0 Å². The first kappa shape index (κ1) is 25.2. The normalized spacial score (nSPS) is 13.5. The molecule has 160 valence electrons. The number of hydrogen-bond donors (Lipinski definition) is 0. The number of hydrogen-bond acceptors (Lipinski definition) is 4. The Morgan fingerprint density at radius 3 is 1.13 bits per heavy atom. The molecule has 0 saturated carbocycles. The van der Waals surface area contributed by atoms with Crippen LogP contribution in [0.25, 0.3) is 0 Å². The van der Waals surface area contributed by atoms with Gasteiger partial charge in [-0.2, -0.15) is 0 Å². The summed E-state index contributed by atoms with van der Waals surface area (Å²) < 4.78 is 0. The minimum Gasteiger partial charge on any atom is -0.282 e. The van der Waals surface area contributed by atoms with E-state index in [1.165, 1.54) is 0 Å². The second-order valence-electron chi connectivity index (χ2n) is 8.96. The SMILES string of the molecule is C(C=Nc1ccccc1)=Nc1ccccc1.CC(=NC(C)(C)C)C(C)=NC(C)(C)C. The summed E-state index contributed by atoms with van der Waals surface area (Å²) in [4.78, 5) is 17.7. The van der Waals surface area contributed by atoms with Crippen LogP contribution in [0.5, 0.6) is 0 Å². The molecule has 0 amide bonds. The van der Waals surface area contributed by atoms with Gasteiger partial charge in [0, 0.05) is 12.4 Å². The number of aliphatic imine (C=N–C) groups is 4. The fourth-order valence-corrected chi connectivity index (χ4v) is 2.43. The van der Waals surface area contributed by atoms with E-state index in [1.54, 1.807) is 12.4 Å². The van der Waals surface area contributed by atoms with Gasteiger partial charge in [0.2, 0.25) is 0 Å². The first-order chi connectivity index (χ1) is 14.0. The van der Waals surface area contributed by atoms with E-state index in [0.717, 1.165) is 22.8 Å². The van der Waals surface area contributed by atoms with Gasteiger partial charge in [-0.05, 0) is 79.7 Å². The molecule has 0 atom stereocenters. The zero-order valence-corrected chi connectivity index (χ0v) is 19.7. The summed E-state index contributed by atoms with van der Waals surface area (Å²) in [7, 11) is 0. The van der Waals surface area contributed by atoms with Gasteiger partial charge >= 0.3 is 0 Å². The predicted molar refractivity (Wildman–Crippen MR) is 135 cm³/mol. The molecule has 0 aliphatic carbocycles. The van der Waals surface area contributed by atoms with Gasteiger partial charge in [0.05, 0.1) is 33.9 Å². The van der Waals surface area contributed by atoms with Crippen LogP contribution in [0.3, 0.4) is 0 Å². The number of para-hydroxylation sites is 2. The molecule has 0 aliphatic heterocycles. The van der Waals surface area contributed by atoms with Gasteiger partial charge in [-0.1, -0.05) is 36.4 Å². The van der Waals surface area contributed by atoms with E-state index in [-0.39, 0.29) is 11.1 Å². The van der Waals surface area contributed by atoms with Crippen LogP contribution >= 0.6 is 0 Å². The van der Waals surface area contributed by atoms with Gasteiger partial charge in [-0.25, -0.2) is 0 Å². The largest absolute Gasteiger partial charge is 0.282 e. The second kappa shape index (κ2) is 12.0. The third-order valence-electron chi connectivity index (χ3n) is 3.56. The van der Waals surface area contributed by atoms with Crippen molar-refractivity contribution >= 4 is 35.2 Å². The average molecular weight is 405 g/mol. The molecule has 0 heterocycles. The molecule has 0 radical (unpaired) electrons. The van der Waals surface area contributed by atoms with Crippen LogP contribution in [-0.4, -0.2) is 34.9 Å². The molecule has 0 N–H and O–H groups in total. The number of rotatable bonds is 4. The third-order valence-corrected chi connectivity index (χ3v) is 3.56. The zero-order chi connectivity index (χ0) is 22.6. The van der Waals surface area contributed by atoms with Crippen LogP contribution in [0.2, 0.25) is 0 Å². The summed E-state index contributed by atoms with van der Waals surface area (Å²) in [5, 5.41) is 0. The smallest absolute Gasteiger partial charge is 0.0630 e. The Balaban J connectivity index is 0.000000304. The van der Waals surface area contributed by atoms with Gasteiger partial charge in [0.15, 0.2) is 0 Å². The lowest BCUT2D eigenvalue weighted by atomic mass is 10.1. The summed E-state index contributed by atoms with van der Waals surface area (Å²) >= 11 is 0. The maximum atomic E-state index is 4.58. The van der Waals surface area contributed by atoms with E-state index in [0.29, 0.717) is 0 Å². The Kier molecular flexibility index (Phi) is 10.0. The Morgan fingerprint density at radius 1 is 0.567 bits per heavy atom. The molecule has 2 rings (SSSR count). The predicted octanol–water partition coefficient (Wildman–Crippen LogP) is 7.30. The highest BCUT2D eigenvalue weighted by molar-refractivity contribution is 6.40. The summed E-state index contributed by atoms with van der Waals surface area (Å²) in [6.07, 6.45) is 3.39. The van der Waals surface area contributed by atoms with Crippen molar-refractivity contribution in [2.24, 2.45) is 20.0 Å². The second-order valence-corrected chi connectivity index (χ2v) is 8.96. The quantitative estimate of drug-likeness (QED) is 0.480. The minimum atomic E-state index is -0.0151. The lowest BCUT2D eigenvalue weighted by molar-refractivity contribution is 0.578. The van der Waals surface area contributed by atoms with Gasteiger partial charge in [0.25, 0.3) is 0 Å². The van der Waals surface area contributed by atoms with E-state index in [2.05, 4.69) is 61.5 Å². The van der Waals surface area contributed by atoms with Crippen LogP contribution in [0.1, 0.15) is 55.4 Å². The maximum absolute atomic E-state index is 4.58. The average Bonchev–Trinajstić information content (AvgIpc) is 2.65. The van der Waals surface area contributed by atoms with Crippen molar-refractivity contribution in [1.29, 1.82) is 0 Å². The van der Waals surface area contributed by atoms with Crippen LogP contribution in [0.4, 0.5) is 11.4 Å². The topological polar surface area (TPSA) is 49.4 Å². The summed E-state index contributed by atoms with van der Waals surface area (Å²) in [5.74, 6) is 0. The van der Waals surface area contributed by atoms with E-state index >= 15 is 0 Å². The highest BCUT2D eigenvalue weighted by atomic mass is 14.9. The lowest BCUT2D eigenvalue weighted by Gasteiger charge is -2.17. The summed E-state index contributed by atoms with van der Waals surface area (Å²) in [6, 6.07) is 19.6. The molecule has 0 fully saturated rings.